The monoisotopic (exact) mass is 349 g/mol. The first kappa shape index (κ1) is 17.8. The zero-order chi connectivity index (χ0) is 15.4. The minimum Gasteiger partial charge on any atom is -0.444 e. The predicted molar refractivity (Wildman–Crippen MR) is 84.3 cm³/mol. The summed E-state index contributed by atoms with van der Waals surface area (Å²) in [6, 6.07) is 0. The van der Waals surface area contributed by atoms with Crippen LogP contribution in [-0.4, -0.2) is 35.3 Å². The van der Waals surface area contributed by atoms with E-state index in [9.17, 15) is 4.79 Å². The SMILES string of the molecule is CC(OC(C)(CBr)CNC(=O)OC(C)(C)C)C1CCC1. The molecule has 1 amide bonds. The number of carbonyl (C=O) groups is 1. The maximum absolute atomic E-state index is 11.7. The van der Waals surface area contributed by atoms with Crippen molar-refractivity contribution < 1.29 is 14.3 Å². The summed E-state index contributed by atoms with van der Waals surface area (Å²) in [5, 5.41) is 3.47. The number of alkyl carbamates (subject to hydrolysis) is 1. The number of halogens is 1. The molecule has 20 heavy (non-hydrogen) atoms. The number of hydrogen-bond donors (Lipinski definition) is 1. The Morgan fingerprint density at radius 2 is 1.95 bits per heavy atom. The third kappa shape index (κ3) is 6.00. The summed E-state index contributed by atoms with van der Waals surface area (Å²) in [4.78, 5) is 11.7. The van der Waals surface area contributed by atoms with Crippen molar-refractivity contribution in [1.82, 2.24) is 5.32 Å². The Labute approximate surface area is 131 Å². The first-order valence-corrected chi connectivity index (χ1v) is 8.48. The van der Waals surface area contributed by atoms with E-state index in [1.54, 1.807) is 0 Å². The quantitative estimate of drug-likeness (QED) is 0.740. The fourth-order valence-corrected chi connectivity index (χ4v) is 2.48. The standard InChI is InChI=1S/C15H28BrNO3/c1-11(12-7-6-8-12)19-15(5,9-16)10-17-13(18)20-14(2,3)4/h11-12H,6-10H2,1-5H3,(H,17,18). The zero-order valence-corrected chi connectivity index (χ0v) is 14.9. The van der Waals surface area contributed by atoms with Crippen LogP contribution in [0.4, 0.5) is 4.79 Å². The molecule has 0 aliphatic heterocycles. The third-order valence-electron chi connectivity index (χ3n) is 3.57. The van der Waals surface area contributed by atoms with Gasteiger partial charge in [-0.25, -0.2) is 4.79 Å². The van der Waals surface area contributed by atoms with Gasteiger partial charge >= 0.3 is 6.09 Å². The van der Waals surface area contributed by atoms with Gasteiger partial charge in [-0.1, -0.05) is 22.4 Å². The molecule has 1 aliphatic rings. The van der Waals surface area contributed by atoms with Crippen LogP contribution >= 0.6 is 15.9 Å². The van der Waals surface area contributed by atoms with E-state index in [1.165, 1.54) is 19.3 Å². The van der Waals surface area contributed by atoms with Crippen LogP contribution in [-0.2, 0) is 9.47 Å². The fraction of sp³-hybridized carbons (Fsp3) is 0.933. The molecule has 5 heteroatoms. The molecule has 0 aromatic carbocycles. The highest BCUT2D eigenvalue weighted by Gasteiger charge is 2.33. The van der Waals surface area contributed by atoms with Crippen molar-refractivity contribution in [3.63, 3.8) is 0 Å². The fourth-order valence-electron chi connectivity index (χ4n) is 2.15. The van der Waals surface area contributed by atoms with Crippen LogP contribution in [0.15, 0.2) is 0 Å². The Bertz CT molecular complexity index is 326. The largest absolute Gasteiger partial charge is 0.444 e. The van der Waals surface area contributed by atoms with Crippen molar-refractivity contribution in [2.45, 2.75) is 71.2 Å². The summed E-state index contributed by atoms with van der Waals surface area (Å²) in [5.41, 5.74) is -0.888. The van der Waals surface area contributed by atoms with Crippen LogP contribution in [0.5, 0.6) is 0 Å². The lowest BCUT2D eigenvalue weighted by atomic mass is 9.81. The Balaban J connectivity index is 2.41. The van der Waals surface area contributed by atoms with E-state index in [-0.39, 0.29) is 6.10 Å². The first-order chi connectivity index (χ1) is 9.15. The Kier molecular flexibility index (Phi) is 6.32. The molecular formula is C15H28BrNO3. The van der Waals surface area contributed by atoms with Gasteiger partial charge in [0.2, 0.25) is 0 Å². The third-order valence-corrected chi connectivity index (χ3v) is 4.76. The average Bonchev–Trinajstić information content (AvgIpc) is 2.21. The summed E-state index contributed by atoms with van der Waals surface area (Å²) < 4.78 is 11.4. The Hall–Kier alpha value is -0.290. The molecule has 0 aromatic heterocycles. The second-order valence-electron chi connectivity index (χ2n) is 6.95. The van der Waals surface area contributed by atoms with E-state index < -0.39 is 17.3 Å². The number of hydrogen-bond acceptors (Lipinski definition) is 3. The topological polar surface area (TPSA) is 47.6 Å². The molecule has 1 aliphatic carbocycles. The Morgan fingerprint density at radius 1 is 1.35 bits per heavy atom. The molecule has 0 saturated heterocycles. The smallest absolute Gasteiger partial charge is 0.407 e. The summed E-state index contributed by atoms with van der Waals surface area (Å²) in [6.45, 7) is 10.1. The second-order valence-corrected chi connectivity index (χ2v) is 7.51. The van der Waals surface area contributed by atoms with Crippen molar-refractivity contribution >= 4 is 22.0 Å². The van der Waals surface area contributed by atoms with Gasteiger partial charge in [0.25, 0.3) is 0 Å². The van der Waals surface area contributed by atoms with Crippen molar-refractivity contribution in [2.75, 3.05) is 11.9 Å². The average molecular weight is 350 g/mol. The molecule has 1 fully saturated rings. The number of alkyl halides is 1. The van der Waals surface area contributed by atoms with Gasteiger partial charge < -0.3 is 14.8 Å². The van der Waals surface area contributed by atoms with Crippen molar-refractivity contribution in [3.05, 3.63) is 0 Å². The highest BCUT2D eigenvalue weighted by molar-refractivity contribution is 9.09. The summed E-state index contributed by atoms with van der Waals surface area (Å²) >= 11 is 3.48. The zero-order valence-electron chi connectivity index (χ0n) is 13.3. The molecule has 0 bridgehead atoms. The van der Waals surface area contributed by atoms with Crippen LogP contribution in [0, 0.1) is 5.92 Å². The lowest BCUT2D eigenvalue weighted by Gasteiger charge is -2.38. The van der Waals surface area contributed by atoms with E-state index in [2.05, 4.69) is 28.2 Å². The van der Waals surface area contributed by atoms with Gasteiger partial charge in [0, 0.05) is 5.33 Å². The van der Waals surface area contributed by atoms with Crippen LogP contribution in [0.3, 0.4) is 0 Å². The number of carbonyl (C=O) groups excluding carboxylic acids is 1. The minimum absolute atomic E-state index is 0.228. The number of nitrogens with one attached hydrogen (secondary N) is 1. The van der Waals surface area contributed by atoms with E-state index in [4.69, 9.17) is 9.47 Å². The predicted octanol–water partition coefficient (Wildman–Crippen LogP) is 3.87. The highest BCUT2D eigenvalue weighted by Crippen LogP contribution is 2.33. The maximum Gasteiger partial charge on any atom is 0.407 e. The van der Waals surface area contributed by atoms with Crippen LogP contribution < -0.4 is 5.32 Å². The van der Waals surface area contributed by atoms with Gasteiger partial charge in [0.1, 0.15) is 5.60 Å². The van der Waals surface area contributed by atoms with Gasteiger partial charge in [-0.05, 0) is 53.4 Å². The molecule has 2 unspecified atom stereocenters. The molecule has 118 valence electrons. The molecule has 1 saturated carbocycles. The molecule has 1 rings (SSSR count). The summed E-state index contributed by atoms with van der Waals surface area (Å²) in [7, 11) is 0. The Morgan fingerprint density at radius 3 is 2.35 bits per heavy atom. The maximum atomic E-state index is 11.7. The molecule has 0 aromatic rings. The van der Waals surface area contributed by atoms with Gasteiger partial charge in [0.15, 0.2) is 0 Å². The van der Waals surface area contributed by atoms with E-state index in [0.717, 1.165) is 0 Å². The normalized spacial score (nSPS) is 20.7. The van der Waals surface area contributed by atoms with E-state index in [0.29, 0.717) is 17.8 Å². The first-order valence-electron chi connectivity index (χ1n) is 7.36. The molecule has 2 atom stereocenters. The van der Waals surface area contributed by atoms with Gasteiger partial charge in [-0.15, -0.1) is 0 Å². The second kappa shape index (κ2) is 7.12. The summed E-state index contributed by atoms with van der Waals surface area (Å²) in [6.07, 6.45) is 3.63. The number of amides is 1. The molecule has 0 heterocycles. The van der Waals surface area contributed by atoms with Crippen LogP contribution in [0.25, 0.3) is 0 Å². The molecule has 0 radical (unpaired) electrons. The van der Waals surface area contributed by atoms with E-state index in [1.807, 2.05) is 27.7 Å². The lowest BCUT2D eigenvalue weighted by molar-refractivity contribution is -0.0949. The van der Waals surface area contributed by atoms with Crippen molar-refractivity contribution in [3.8, 4) is 0 Å². The van der Waals surface area contributed by atoms with Gasteiger partial charge in [-0.3, -0.25) is 0 Å². The summed E-state index contributed by atoms with van der Waals surface area (Å²) in [5.74, 6) is 0.662. The van der Waals surface area contributed by atoms with Crippen LogP contribution in [0.2, 0.25) is 0 Å². The van der Waals surface area contributed by atoms with Crippen LogP contribution in [0.1, 0.15) is 53.9 Å². The molecule has 4 nitrogen and oxygen atoms in total. The number of ether oxygens (including phenoxy) is 2. The minimum atomic E-state index is -0.477. The van der Waals surface area contributed by atoms with Crippen molar-refractivity contribution in [2.24, 2.45) is 5.92 Å². The lowest BCUT2D eigenvalue weighted by Crippen LogP contribution is -2.48. The van der Waals surface area contributed by atoms with Gasteiger partial charge in [-0.2, -0.15) is 0 Å². The molecule has 0 spiro atoms. The number of rotatable bonds is 6. The van der Waals surface area contributed by atoms with Crippen molar-refractivity contribution in [1.29, 1.82) is 0 Å². The van der Waals surface area contributed by atoms with Gasteiger partial charge in [0.05, 0.1) is 18.2 Å². The molecule has 1 N–H and O–H groups in total. The van der Waals surface area contributed by atoms with E-state index >= 15 is 0 Å². The highest BCUT2D eigenvalue weighted by atomic mass is 79.9. The molecular weight excluding hydrogens is 322 g/mol.